The van der Waals surface area contributed by atoms with Gasteiger partial charge in [-0.2, -0.15) is 11.3 Å². The number of nitrogens with zero attached hydrogens (tertiary/aromatic N) is 1. The summed E-state index contributed by atoms with van der Waals surface area (Å²) in [6, 6.07) is 0.350. The van der Waals surface area contributed by atoms with E-state index in [0.717, 1.165) is 19.5 Å². The quantitative estimate of drug-likeness (QED) is 0.801. The monoisotopic (exact) mass is 332 g/mol. The van der Waals surface area contributed by atoms with E-state index in [1.54, 1.807) is 11.3 Å². The highest BCUT2D eigenvalue weighted by Crippen LogP contribution is 2.38. The molecule has 104 valence electrons. The third-order valence-corrected chi connectivity index (χ3v) is 5.82. The van der Waals surface area contributed by atoms with Gasteiger partial charge in [-0.25, -0.2) is 0 Å². The Hall–Kier alpha value is 0.100. The number of thiophene rings is 1. The molecular formula is C14H25BrN2S. The highest BCUT2D eigenvalue weighted by molar-refractivity contribution is 9.10. The van der Waals surface area contributed by atoms with E-state index in [9.17, 15) is 0 Å². The first-order valence-corrected chi connectivity index (χ1v) is 8.42. The molecule has 0 bridgehead atoms. The predicted octanol–water partition coefficient (Wildman–Crippen LogP) is 4.28. The number of likely N-dealkylation sites (N-methyl/N-ethyl adjacent to an activating group) is 2. The minimum absolute atomic E-state index is 0.141. The van der Waals surface area contributed by atoms with Gasteiger partial charge < -0.3 is 5.32 Å². The minimum atomic E-state index is 0.141. The van der Waals surface area contributed by atoms with E-state index < -0.39 is 0 Å². The first kappa shape index (κ1) is 16.2. The largest absolute Gasteiger partial charge is 0.311 e. The molecule has 1 heterocycles. The van der Waals surface area contributed by atoms with Gasteiger partial charge in [0, 0.05) is 15.4 Å². The summed E-state index contributed by atoms with van der Waals surface area (Å²) in [5, 5.41) is 7.94. The van der Waals surface area contributed by atoms with Gasteiger partial charge in [0.2, 0.25) is 0 Å². The van der Waals surface area contributed by atoms with E-state index in [-0.39, 0.29) is 5.54 Å². The zero-order chi connectivity index (χ0) is 13.8. The number of hydrogen-bond donors (Lipinski definition) is 1. The van der Waals surface area contributed by atoms with Crippen LogP contribution in [-0.2, 0) is 0 Å². The average Bonchev–Trinajstić information content (AvgIpc) is 2.78. The van der Waals surface area contributed by atoms with Crippen LogP contribution >= 0.6 is 27.3 Å². The third-order valence-electron chi connectivity index (χ3n) is 4.07. The van der Waals surface area contributed by atoms with Crippen LogP contribution in [0.1, 0.15) is 45.7 Å². The molecule has 0 aromatic carbocycles. The van der Waals surface area contributed by atoms with Crippen molar-refractivity contribution in [1.29, 1.82) is 0 Å². The van der Waals surface area contributed by atoms with Crippen LogP contribution in [0.3, 0.4) is 0 Å². The van der Waals surface area contributed by atoms with Crippen LogP contribution in [0.15, 0.2) is 15.2 Å². The van der Waals surface area contributed by atoms with Gasteiger partial charge in [0.05, 0.1) is 6.04 Å². The van der Waals surface area contributed by atoms with Crippen LogP contribution in [-0.4, -0.2) is 30.6 Å². The van der Waals surface area contributed by atoms with Crippen LogP contribution < -0.4 is 5.32 Å². The Kier molecular flexibility index (Phi) is 6.31. The maximum atomic E-state index is 3.67. The lowest BCUT2D eigenvalue weighted by Gasteiger charge is -2.45. The van der Waals surface area contributed by atoms with Gasteiger partial charge >= 0.3 is 0 Å². The lowest BCUT2D eigenvalue weighted by molar-refractivity contribution is 0.0727. The fourth-order valence-electron chi connectivity index (χ4n) is 2.86. The molecule has 0 radical (unpaired) electrons. The van der Waals surface area contributed by atoms with Gasteiger partial charge in [-0.1, -0.05) is 20.8 Å². The Balaban J connectivity index is 3.14. The zero-order valence-corrected chi connectivity index (χ0v) is 14.5. The number of hydrogen-bond acceptors (Lipinski definition) is 3. The summed E-state index contributed by atoms with van der Waals surface area (Å²) in [6.07, 6.45) is 1.13. The molecule has 0 fully saturated rings. The van der Waals surface area contributed by atoms with Crippen molar-refractivity contribution in [3.05, 3.63) is 20.8 Å². The molecule has 0 aliphatic carbocycles. The van der Waals surface area contributed by atoms with Gasteiger partial charge in [0.25, 0.3) is 0 Å². The molecule has 0 amide bonds. The second-order valence-electron chi connectivity index (χ2n) is 4.78. The summed E-state index contributed by atoms with van der Waals surface area (Å²) in [5.74, 6) is 0. The first-order valence-electron chi connectivity index (χ1n) is 6.68. The summed E-state index contributed by atoms with van der Waals surface area (Å²) in [4.78, 5) is 2.55. The molecular weight excluding hydrogens is 308 g/mol. The molecule has 18 heavy (non-hydrogen) atoms. The van der Waals surface area contributed by atoms with E-state index in [4.69, 9.17) is 0 Å². The maximum Gasteiger partial charge on any atom is 0.0521 e. The summed E-state index contributed by atoms with van der Waals surface area (Å²) >= 11 is 5.43. The SMILES string of the molecule is CCN(CC)C(C)(CC)C(NC)c1cscc1Br. The average molecular weight is 333 g/mol. The molecule has 0 aliphatic heterocycles. The molecule has 4 heteroatoms. The lowest BCUT2D eigenvalue weighted by atomic mass is 9.84. The Morgan fingerprint density at radius 2 is 1.94 bits per heavy atom. The number of rotatable bonds is 7. The normalized spacial score (nSPS) is 16.8. The maximum absolute atomic E-state index is 3.67. The summed E-state index contributed by atoms with van der Waals surface area (Å²) in [5.41, 5.74) is 1.51. The van der Waals surface area contributed by atoms with Crippen LogP contribution in [0.5, 0.6) is 0 Å². The highest BCUT2D eigenvalue weighted by Gasteiger charge is 2.38. The molecule has 1 aromatic rings. The molecule has 2 nitrogen and oxygen atoms in total. The molecule has 2 atom stereocenters. The van der Waals surface area contributed by atoms with Crippen molar-refractivity contribution >= 4 is 27.3 Å². The smallest absolute Gasteiger partial charge is 0.0521 e. The predicted molar refractivity (Wildman–Crippen MR) is 85.4 cm³/mol. The van der Waals surface area contributed by atoms with Crippen molar-refractivity contribution in [1.82, 2.24) is 10.2 Å². The van der Waals surface area contributed by atoms with Crippen molar-refractivity contribution in [2.45, 2.75) is 45.7 Å². The second-order valence-corrected chi connectivity index (χ2v) is 6.38. The van der Waals surface area contributed by atoms with Crippen molar-refractivity contribution < 1.29 is 0 Å². The highest BCUT2D eigenvalue weighted by atomic mass is 79.9. The van der Waals surface area contributed by atoms with Crippen molar-refractivity contribution in [3.8, 4) is 0 Å². The lowest BCUT2D eigenvalue weighted by Crippen LogP contribution is -2.53. The molecule has 2 unspecified atom stereocenters. The van der Waals surface area contributed by atoms with Crippen molar-refractivity contribution in [2.75, 3.05) is 20.1 Å². The van der Waals surface area contributed by atoms with Crippen molar-refractivity contribution in [3.63, 3.8) is 0 Å². The standard InChI is InChI=1S/C14H25BrN2S/c1-6-14(4,17(7-2)8-3)13(16-5)11-9-18-10-12(11)15/h9-10,13,16H,6-8H2,1-5H3. The van der Waals surface area contributed by atoms with Gasteiger partial charge in [0.1, 0.15) is 0 Å². The van der Waals surface area contributed by atoms with Gasteiger partial charge in [-0.3, -0.25) is 4.90 Å². The molecule has 0 aliphatic rings. The number of halogens is 1. The Bertz CT molecular complexity index is 362. The third kappa shape index (κ3) is 2.98. The zero-order valence-electron chi connectivity index (χ0n) is 12.1. The van der Waals surface area contributed by atoms with Crippen LogP contribution in [0, 0.1) is 0 Å². The van der Waals surface area contributed by atoms with E-state index >= 15 is 0 Å². The molecule has 0 saturated heterocycles. The Morgan fingerprint density at radius 1 is 1.33 bits per heavy atom. The van der Waals surface area contributed by atoms with Crippen LogP contribution in [0.25, 0.3) is 0 Å². The van der Waals surface area contributed by atoms with E-state index in [2.05, 4.69) is 71.6 Å². The second kappa shape index (κ2) is 7.04. The fraction of sp³-hybridized carbons (Fsp3) is 0.714. The summed E-state index contributed by atoms with van der Waals surface area (Å²) in [7, 11) is 2.06. The van der Waals surface area contributed by atoms with E-state index in [1.807, 2.05) is 0 Å². The van der Waals surface area contributed by atoms with Crippen LogP contribution in [0.2, 0.25) is 0 Å². The molecule has 1 aromatic heterocycles. The molecule has 0 spiro atoms. The fourth-order valence-corrected chi connectivity index (χ4v) is 4.41. The topological polar surface area (TPSA) is 15.3 Å². The first-order chi connectivity index (χ1) is 8.54. The van der Waals surface area contributed by atoms with Crippen molar-refractivity contribution in [2.24, 2.45) is 0 Å². The van der Waals surface area contributed by atoms with Gasteiger partial charge in [0.15, 0.2) is 0 Å². The number of nitrogens with one attached hydrogen (secondary N) is 1. The van der Waals surface area contributed by atoms with E-state index in [1.165, 1.54) is 10.0 Å². The van der Waals surface area contributed by atoms with E-state index in [0.29, 0.717) is 6.04 Å². The Morgan fingerprint density at radius 3 is 2.28 bits per heavy atom. The van der Waals surface area contributed by atoms with Gasteiger partial charge in [-0.05, 0) is 60.4 Å². The van der Waals surface area contributed by atoms with Gasteiger partial charge in [-0.15, -0.1) is 0 Å². The molecule has 1 rings (SSSR count). The molecule has 1 N–H and O–H groups in total. The Labute approximate surface area is 124 Å². The summed E-state index contributed by atoms with van der Waals surface area (Å²) < 4.78 is 1.22. The molecule has 0 saturated carbocycles. The summed E-state index contributed by atoms with van der Waals surface area (Å²) in [6.45, 7) is 11.3. The minimum Gasteiger partial charge on any atom is -0.311 e. The van der Waals surface area contributed by atoms with Crippen LogP contribution in [0.4, 0.5) is 0 Å².